The number of allylic oxidation sites excluding steroid dienone is 3. The van der Waals surface area contributed by atoms with E-state index < -0.39 is 13.4 Å². The summed E-state index contributed by atoms with van der Waals surface area (Å²) in [5.41, 5.74) is 1.88. The topological polar surface area (TPSA) is 47.6 Å². The molecule has 1 N–H and O–H groups in total. The fraction of sp³-hybridized carbons (Fsp3) is 0.375. The molecule has 1 aliphatic rings. The highest BCUT2D eigenvalue weighted by Gasteiger charge is 2.38. The molecule has 0 spiro atoms. The van der Waals surface area contributed by atoms with Crippen molar-refractivity contribution in [1.82, 2.24) is 0 Å². The number of rotatable bonds is 8. The first-order valence-corrected chi connectivity index (χ1v) is 9.76. The van der Waals surface area contributed by atoms with Crippen LogP contribution in [0.2, 0.25) is 0 Å². The number of hydrogen-bond donors (Lipinski definition) is 1. The lowest BCUT2D eigenvalue weighted by Crippen LogP contribution is -2.24. The Hall–Kier alpha value is -0.870. The molecular formula is C16H21BrNO3P. The van der Waals surface area contributed by atoms with Crippen LogP contribution in [0.4, 0.5) is 5.69 Å². The first kappa shape index (κ1) is 17.5. The van der Waals surface area contributed by atoms with Gasteiger partial charge in [-0.05, 0) is 50.1 Å². The fourth-order valence-electron chi connectivity index (χ4n) is 2.29. The van der Waals surface area contributed by atoms with Crippen molar-refractivity contribution in [3.8, 4) is 0 Å². The Morgan fingerprint density at radius 1 is 1.23 bits per heavy atom. The SMILES string of the molecule is CCOP(=O)(OCC)C(Nc1ccc(Br)cc1)C1=CC=CC1. The second-order valence-electron chi connectivity index (χ2n) is 4.80. The van der Waals surface area contributed by atoms with Gasteiger partial charge in [-0.15, -0.1) is 0 Å². The van der Waals surface area contributed by atoms with Gasteiger partial charge in [0.1, 0.15) is 0 Å². The van der Waals surface area contributed by atoms with E-state index in [1.165, 1.54) is 0 Å². The van der Waals surface area contributed by atoms with Crippen molar-refractivity contribution in [1.29, 1.82) is 0 Å². The zero-order chi connectivity index (χ0) is 16.0. The largest absolute Gasteiger partial charge is 0.368 e. The van der Waals surface area contributed by atoms with Crippen LogP contribution in [0.15, 0.2) is 52.5 Å². The number of nitrogens with one attached hydrogen (secondary N) is 1. The molecule has 0 bridgehead atoms. The van der Waals surface area contributed by atoms with Crippen LogP contribution >= 0.6 is 23.5 Å². The molecule has 0 saturated carbocycles. The normalized spacial score (nSPS) is 15.7. The van der Waals surface area contributed by atoms with E-state index in [1.54, 1.807) is 0 Å². The van der Waals surface area contributed by atoms with Crippen LogP contribution in [0.25, 0.3) is 0 Å². The van der Waals surface area contributed by atoms with Gasteiger partial charge in [0.15, 0.2) is 5.78 Å². The Balaban J connectivity index is 2.29. The second kappa shape index (κ2) is 8.11. The lowest BCUT2D eigenvalue weighted by molar-refractivity contribution is 0.216. The maximum absolute atomic E-state index is 13.2. The summed E-state index contributed by atoms with van der Waals surface area (Å²) in [6.07, 6.45) is 6.72. The van der Waals surface area contributed by atoms with E-state index in [-0.39, 0.29) is 0 Å². The fourth-order valence-corrected chi connectivity index (χ4v) is 4.55. The molecule has 22 heavy (non-hydrogen) atoms. The Morgan fingerprint density at radius 2 is 1.86 bits per heavy atom. The molecule has 0 aliphatic heterocycles. The van der Waals surface area contributed by atoms with E-state index in [9.17, 15) is 4.57 Å². The van der Waals surface area contributed by atoms with E-state index in [2.05, 4.69) is 21.2 Å². The van der Waals surface area contributed by atoms with E-state index in [1.807, 2.05) is 56.3 Å². The van der Waals surface area contributed by atoms with Crippen molar-refractivity contribution in [3.05, 3.63) is 52.5 Å². The van der Waals surface area contributed by atoms with Crippen LogP contribution in [0.5, 0.6) is 0 Å². The van der Waals surface area contributed by atoms with Gasteiger partial charge in [-0.25, -0.2) is 0 Å². The van der Waals surface area contributed by atoms with Crippen molar-refractivity contribution in [2.24, 2.45) is 0 Å². The summed E-state index contributed by atoms with van der Waals surface area (Å²) in [6, 6.07) is 7.74. The Bertz CT molecular complexity index is 588. The van der Waals surface area contributed by atoms with Gasteiger partial charge in [-0.3, -0.25) is 4.57 Å². The predicted octanol–water partition coefficient (Wildman–Crippen LogP) is 5.34. The molecule has 0 amide bonds. The molecule has 1 aliphatic carbocycles. The van der Waals surface area contributed by atoms with Crippen molar-refractivity contribution < 1.29 is 13.6 Å². The third kappa shape index (κ3) is 4.32. The highest BCUT2D eigenvalue weighted by atomic mass is 79.9. The summed E-state index contributed by atoms with van der Waals surface area (Å²) in [5, 5.41) is 3.32. The van der Waals surface area contributed by atoms with Gasteiger partial charge in [0.25, 0.3) is 0 Å². The van der Waals surface area contributed by atoms with Crippen molar-refractivity contribution >= 4 is 29.2 Å². The maximum Gasteiger partial charge on any atom is 0.356 e. The molecule has 4 nitrogen and oxygen atoms in total. The average Bonchev–Trinajstić information content (AvgIpc) is 3.01. The molecule has 0 fully saturated rings. The lowest BCUT2D eigenvalue weighted by Gasteiger charge is -2.29. The van der Waals surface area contributed by atoms with Crippen LogP contribution in [0.1, 0.15) is 20.3 Å². The highest BCUT2D eigenvalue weighted by Crippen LogP contribution is 2.56. The summed E-state index contributed by atoms with van der Waals surface area (Å²) in [5.74, 6) is -0.483. The van der Waals surface area contributed by atoms with Crippen LogP contribution < -0.4 is 5.32 Å². The molecule has 1 aromatic rings. The number of anilines is 1. The minimum absolute atomic E-state index is 0.344. The quantitative estimate of drug-likeness (QED) is 0.613. The summed E-state index contributed by atoms with van der Waals surface area (Å²) in [6.45, 7) is 4.33. The van der Waals surface area contributed by atoms with E-state index in [4.69, 9.17) is 9.05 Å². The van der Waals surface area contributed by atoms with E-state index in [0.717, 1.165) is 22.2 Å². The Morgan fingerprint density at radius 3 is 2.36 bits per heavy atom. The van der Waals surface area contributed by atoms with E-state index >= 15 is 0 Å². The van der Waals surface area contributed by atoms with Crippen LogP contribution in [-0.4, -0.2) is 19.0 Å². The van der Waals surface area contributed by atoms with Gasteiger partial charge < -0.3 is 14.4 Å². The molecule has 0 radical (unpaired) electrons. The summed E-state index contributed by atoms with van der Waals surface area (Å²) < 4.78 is 25.2. The smallest absolute Gasteiger partial charge is 0.356 e. The molecule has 6 heteroatoms. The van der Waals surface area contributed by atoms with Crippen molar-refractivity contribution in [3.63, 3.8) is 0 Å². The number of halogens is 1. The minimum Gasteiger partial charge on any atom is -0.368 e. The Labute approximate surface area is 140 Å². The molecule has 120 valence electrons. The van der Waals surface area contributed by atoms with Crippen LogP contribution in [0, 0.1) is 0 Å². The summed E-state index contributed by atoms with van der Waals surface area (Å²) in [4.78, 5) is 0. The molecule has 0 aromatic heterocycles. The third-order valence-electron chi connectivity index (χ3n) is 3.23. The molecular weight excluding hydrogens is 365 g/mol. The van der Waals surface area contributed by atoms with E-state index in [0.29, 0.717) is 13.2 Å². The average molecular weight is 386 g/mol. The zero-order valence-corrected chi connectivity index (χ0v) is 15.3. The molecule has 1 unspecified atom stereocenters. The van der Waals surface area contributed by atoms with Crippen LogP contribution in [0.3, 0.4) is 0 Å². The number of benzene rings is 1. The van der Waals surface area contributed by atoms with Gasteiger partial charge in [-0.1, -0.05) is 34.2 Å². The van der Waals surface area contributed by atoms with Gasteiger partial charge >= 0.3 is 7.60 Å². The predicted molar refractivity (Wildman–Crippen MR) is 94.3 cm³/mol. The first-order valence-electron chi connectivity index (χ1n) is 7.35. The maximum atomic E-state index is 13.2. The van der Waals surface area contributed by atoms with Gasteiger partial charge in [0.05, 0.1) is 13.2 Å². The van der Waals surface area contributed by atoms with Gasteiger partial charge in [0.2, 0.25) is 0 Å². The molecule has 0 saturated heterocycles. The standard InChI is InChI=1S/C16H21BrNO3P/c1-3-20-22(19,21-4-2)16(13-7-5-6-8-13)18-15-11-9-14(17)10-12-15/h5-7,9-12,16,18H,3-4,8H2,1-2H3. The molecule has 1 atom stereocenters. The van der Waals surface area contributed by atoms with Gasteiger partial charge in [-0.2, -0.15) is 0 Å². The van der Waals surface area contributed by atoms with Crippen LogP contribution in [-0.2, 0) is 13.6 Å². The highest BCUT2D eigenvalue weighted by molar-refractivity contribution is 9.10. The molecule has 1 aromatic carbocycles. The molecule has 0 heterocycles. The second-order valence-corrected chi connectivity index (χ2v) is 7.83. The summed E-state index contributed by atoms with van der Waals surface area (Å²) >= 11 is 3.41. The zero-order valence-electron chi connectivity index (χ0n) is 12.8. The lowest BCUT2D eigenvalue weighted by atomic mass is 10.2. The molecule has 2 rings (SSSR count). The minimum atomic E-state index is -3.29. The monoisotopic (exact) mass is 385 g/mol. The summed E-state index contributed by atoms with van der Waals surface area (Å²) in [7, 11) is -3.29. The Kier molecular flexibility index (Phi) is 6.45. The van der Waals surface area contributed by atoms with Crippen molar-refractivity contribution in [2.45, 2.75) is 26.1 Å². The van der Waals surface area contributed by atoms with Crippen molar-refractivity contribution in [2.75, 3.05) is 18.5 Å². The number of hydrogen-bond acceptors (Lipinski definition) is 4. The first-order chi connectivity index (χ1) is 10.6. The van der Waals surface area contributed by atoms with Gasteiger partial charge in [0, 0.05) is 10.2 Å². The third-order valence-corrected chi connectivity index (χ3v) is 6.09.